The molecule has 1 aromatic rings. The van der Waals surface area contributed by atoms with Gasteiger partial charge in [0.2, 0.25) is 5.91 Å². The number of amides is 2. The molecule has 0 spiro atoms. The first-order chi connectivity index (χ1) is 12.8. The standard InChI is InChI=1S/C18H23N3O6/c1-12(9-19)7-15(17(24)25)21-16(23)8-14(22)10-20-18(26)27-11-13-5-3-2-4-6-13/h2-6,12,14-15,22H,7-8,10-11H2,1H3,(H,20,26)(H,21,23)(H,24,25)/t12-,14-,15-/m0/s1. The zero-order valence-electron chi connectivity index (χ0n) is 14.9. The summed E-state index contributed by atoms with van der Waals surface area (Å²) in [5.41, 5.74) is 0.805. The number of ether oxygens (including phenoxy) is 1. The van der Waals surface area contributed by atoms with Crippen molar-refractivity contribution in [3.8, 4) is 6.07 Å². The molecule has 9 nitrogen and oxygen atoms in total. The number of carboxylic acid groups (broad SMARTS) is 1. The molecular formula is C18H23N3O6. The molecule has 0 radical (unpaired) electrons. The fraction of sp³-hybridized carbons (Fsp3) is 0.444. The largest absolute Gasteiger partial charge is 0.480 e. The van der Waals surface area contributed by atoms with Crippen molar-refractivity contribution in [1.82, 2.24) is 10.6 Å². The van der Waals surface area contributed by atoms with E-state index in [0.717, 1.165) is 5.56 Å². The van der Waals surface area contributed by atoms with E-state index in [-0.39, 0.29) is 19.6 Å². The van der Waals surface area contributed by atoms with Crippen LogP contribution >= 0.6 is 0 Å². The molecular weight excluding hydrogens is 354 g/mol. The van der Waals surface area contributed by atoms with Gasteiger partial charge in [-0.2, -0.15) is 5.26 Å². The predicted octanol–water partition coefficient (Wildman–Crippen LogP) is 0.783. The van der Waals surface area contributed by atoms with Gasteiger partial charge in [0.15, 0.2) is 0 Å². The van der Waals surface area contributed by atoms with Crippen LogP contribution in [0.4, 0.5) is 4.79 Å². The molecule has 0 saturated carbocycles. The number of carboxylic acids is 1. The number of aliphatic hydroxyl groups excluding tert-OH is 1. The van der Waals surface area contributed by atoms with Crippen LogP contribution in [0.5, 0.6) is 0 Å². The molecule has 0 fully saturated rings. The normalized spacial score (nSPS) is 13.5. The van der Waals surface area contributed by atoms with E-state index < -0.39 is 42.5 Å². The summed E-state index contributed by atoms with van der Waals surface area (Å²) in [6, 6.07) is 9.70. The third-order valence-electron chi connectivity index (χ3n) is 3.56. The third-order valence-corrected chi connectivity index (χ3v) is 3.56. The molecule has 0 aliphatic rings. The Hall–Kier alpha value is -3.12. The van der Waals surface area contributed by atoms with Crippen molar-refractivity contribution in [2.24, 2.45) is 5.92 Å². The fourth-order valence-corrected chi connectivity index (χ4v) is 2.14. The van der Waals surface area contributed by atoms with Crippen LogP contribution in [0.25, 0.3) is 0 Å². The van der Waals surface area contributed by atoms with Crippen LogP contribution in [-0.2, 0) is 20.9 Å². The lowest BCUT2D eigenvalue weighted by Crippen LogP contribution is -2.44. The quantitative estimate of drug-likeness (QED) is 0.471. The SMILES string of the molecule is C[C@H](C#N)C[C@H](NC(=O)C[C@H](O)CNC(=O)OCc1ccccc1)C(=O)O. The van der Waals surface area contributed by atoms with Gasteiger partial charge < -0.3 is 25.6 Å². The summed E-state index contributed by atoms with van der Waals surface area (Å²) in [5.74, 6) is -2.50. The molecule has 27 heavy (non-hydrogen) atoms. The monoisotopic (exact) mass is 377 g/mol. The van der Waals surface area contributed by atoms with Crippen LogP contribution in [0.2, 0.25) is 0 Å². The molecule has 0 saturated heterocycles. The van der Waals surface area contributed by atoms with E-state index in [2.05, 4.69) is 10.6 Å². The van der Waals surface area contributed by atoms with Gasteiger partial charge in [0, 0.05) is 12.5 Å². The Morgan fingerprint density at radius 3 is 2.52 bits per heavy atom. The van der Waals surface area contributed by atoms with E-state index >= 15 is 0 Å². The van der Waals surface area contributed by atoms with Crippen LogP contribution in [0, 0.1) is 17.2 Å². The molecule has 2 amide bonds. The molecule has 1 aromatic carbocycles. The number of nitrogens with zero attached hydrogens (tertiary/aromatic N) is 1. The van der Waals surface area contributed by atoms with Gasteiger partial charge in [-0.15, -0.1) is 0 Å². The number of carbonyl (C=O) groups excluding carboxylic acids is 2. The second-order valence-electron chi connectivity index (χ2n) is 6.02. The second-order valence-corrected chi connectivity index (χ2v) is 6.02. The molecule has 9 heteroatoms. The minimum absolute atomic E-state index is 0.0439. The number of hydrogen-bond donors (Lipinski definition) is 4. The predicted molar refractivity (Wildman–Crippen MR) is 94.2 cm³/mol. The maximum absolute atomic E-state index is 11.8. The Bertz CT molecular complexity index is 673. The lowest BCUT2D eigenvalue weighted by molar-refractivity contribution is -0.142. The topological polar surface area (TPSA) is 149 Å². The molecule has 0 heterocycles. The van der Waals surface area contributed by atoms with Gasteiger partial charge in [0.05, 0.1) is 18.6 Å². The molecule has 0 bridgehead atoms. The highest BCUT2D eigenvalue weighted by molar-refractivity contribution is 5.83. The summed E-state index contributed by atoms with van der Waals surface area (Å²) in [5, 5.41) is 32.2. The van der Waals surface area contributed by atoms with Gasteiger partial charge in [-0.3, -0.25) is 4.79 Å². The van der Waals surface area contributed by atoms with Gasteiger partial charge in [-0.25, -0.2) is 9.59 Å². The number of carbonyl (C=O) groups is 3. The summed E-state index contributed by atoms with van der Waals surface area (Å²) < 4.78 is 4.97. The number of aliphatic carboxylic acids is 1. The second kappa shape index (κ2) is 11.5. The number of nitriles is 1. The first kappa shape index (κ1) is 21.9. The van der Waals surface area contributed by atoms with Crippen molar-refractivity contribution >= 4 is 18.0 Å². The van der Waals surface area contributed by atoms with Crippen LogP contribution < -0.4 is 10.6 Å². The molecule has 0 aromatic heterocycles. The highest BCUT2D eigenvalue weighted by Gasteiger charge is 2.23. The summed E-state index contributed by atoms with van der Waals surface area (Å²) in [4.78, 5) is 34.5. The Morgan fingerprint density at radius 1 is 1.26 bits per heavy atom. The van der Waals surface area contributed by atoms with Crippen molar-refractivity contribution in [3.63, 3.8) is 0 Å². The van der Waals surface area contributed by atoms with E-state index in [4.69, 9.17) is 15.1 Å². The molecule has 4 N–H and O–H groups in total. The summed E-state index contributed by atoms with van der Waals surface area (Å²) in [6.45, 7) is 1.38. The Morgan fingerprint density at radius 2 is 1.93 bits per heavy atom. The Balaban J connectivity index is 2.32. The smallest absolute Gasteiger partial charge is 0.407 e. The van der Waals surface area contributed by atoms with Crippen LogP contribution in [-0.4, -0.2) is 46.9 Å². The first-order valence-electron chi connectivity index (χ1n) is 8.36. The molecule has 0 unspecified atom stereocenters. The average molecular weight is 377 g/mol. The highest BCUT2D eigenvalue weighted by atomic mass is 16.5. The van der Waals surface area contributed by atoms with Gasteiger partial charge in [0.25, 0.3) is 0 Å². The van der Waals surface area contributed by atoms with Crippen molar-refractivity contribution in [2.45, 2.75) is 38.5 Å². The van der Waals surface area contributed by atoms with Gasteiger partial charge in [0.1, 0.15) is 12.6 Å². The number of aliphatic hydroxyl groups is 1. The zero-order chi connectivity index (χ0) is 20.2. The lowest BCUT2D eigenvalue weighted by atomic mass is 10.0. The van der Waals surface area contributed by atoms with E-state index in [1.807, 2.05) is 12.1 Å². The molecule has 146 valence electrons. The zero-order valence-corrected chi connectivity index (χ0v) is 14.9. The van der Waals surface area contributed by atoms with E-state index in [1.54, 1.807) is 31.2 Å². The summed E-state index contributed by atoms with van der Waals surface area (Å²) >= 11 is 0. The van der Waals surface area contributed by atoms with Crippen molar-refractivity contribution < 1.29 is 29.3 Å². The number of benzene rings is 1. The van der Waals surface area contributed by atoms with Crippen molar-refractivity contribution in [1.29, 1.82) is 5.26 Å². The number of rotatable bonds is 10. The minimum Gasteiger partial charge on any atom is -0.480 e. The molecule has 1 rings (SSSR count). The van der Waals surface area contributed by atoms with Crippen LogP contribution in [0.3, 0.4) is 0 Å². The van der Waals surface area contributed by atoms with Gasteiger partial charge >= 0.3 is 12.1 Å². The number of hydrogen-bond acceptors (Lipinski definition) is 6. The summed E-state index contributed by atoms with van der Waals surface area (Å²) in [7, 11) is 0. The maximum atomic E-state index is 11.8. The number of nitrogens with one attached hydrogen (secondary N) is 2. The van der Waals surface area contributed by atoms with Crippen molar-refractivity contribution in [2.75, 3.05) is 6.54 Å². The summed E-state index contributed by atoms with van der Waals surface area (Å²) in [6.07, 6.45) is -2.40. The highest BCUT2D eigenvalue weighted by Crippen LogP contribution is 2.06. The molecule has 3 atom stereocenters. The fourth-order valence-electron chi connectivity index (χ4n) is 2.14. The lowest BCUT2D eigenvalue weighted by Gasteiger charge is -2.17. The minimum atomic E-state index is -1.26. The third kappa shape index (κ3) is 9.23. The number of alkyl carbamates (subject to hydrolysis) is 1. The van der Waals surface area contributed by atoms with Crippen LogP contribution in [0.15, 0.2) is 30.3 Å². The van der Waals surface area contributed by atoms with E-state index in [1.165, 1.54) is 0 Å². The average Bonchev–Trinajstić information content (AvgIpc) is 2.64. The van der Waals surface area contributed by atoms with Gasteiger partial charge in [-0.1, -0.05) is 30.3 Å². The van der Waals surface area contributed by atoms with E-state index in [9.17, 15) is 19.5 Å². The maximum Gasteiger partial charge on any atom is 0.407 e. The molecule has 0 aliphatic carbocycles. The van der Waals surface area contributed by atoms with Crippen molar-refractivity contribution in [3.05, 3.63) is 35.9 Å². The van der Waals surface area contributed by atoms with E-state index in [0.29, 0.717) is 0 Å². The Kier molecular flexibility index (Phi) is 9.33. The molecule has 0 aliphatic heterocycles. The first-order valence-corrected chi connectivity index (χ1v) is 8.36. The Labute approximate surface area is 156 Å². The van der Waals surface area contributed by atoms with Crippen LogP contribution in [0.1, 0.15) is 25.3 Å². The van der Waals surface area contributed by atoms with Gasteiger partial charge in [-0.05, 0) is 18.9 Å².